The highest BCUT2D eigenvalue weighted by molar-refractivity contribution is 7.87. The molecule has 8 heteroatoms. The van der Waals surface area contributed by atoms with Crippen LogP contribution in [0.25, 0.3) is 0 Å². The van der Waals surface area contributed by atoms with Crippen molar-refractivity contribution in [2.24, 2.45) is 5.92 Å². The minimum Gasteiger partial charge on any atom is -0.481 e. The Labute approximate surface area is 113 Å². The summed E-state index contributed by atoms with van der Waals surface area (Å²) in [6.45, 7) is 1.90. The Bertz CT molecular complexity index is 420. The minimum absolute atomic E-state index is 0.0680. The van der Waals surface area contributed by atoms with Crippen LogP contribution in [0.5, 0.6) is 0 Å². The van der Waals surface area contributed by atoms with Crippen LogP contribution in [-0.2, 0) is 15.0 Å². The van der Waals surface area contributed by atoms with Crippen molar-refractivity contribution in [2.45, 2.75) is 32.1 Å². The van der Waals surface area contributed by atoms with Crippen LogP contribution in [0, 0.1) is 5.92 Å². The minimum atomic E-state index is -3.60. The molecule has 2 aliphatic rings. The smallest absolute Gasteiger partial charge is 0.307 e. The molecule has 0 aromatic heterocycles. The Morgan fingerprint density at radius 1 is 1.11 bits per heavy atom. The molecule has 2 rings (SSSR count). The van der Waals surface area contributed by atoms with E-state index in [-0.39, 0.29) is 6.54 Å². The second kappa shape index (κ2) is 6.17. The van der Waals surface area contributed by atoms with E-state index in [1.165, 1.54) is 4.31 Å². The number of nitrogens with zero attached hydrogens (tertiary/aromatic N) is 2. The summed E-state index contributed by atoms with van der Waals surface area (Å²) in [7, 11) is -3.60. The lowest BCUT2D eigenvalue weighted by Gasteiger charge is -2.33. The molecule has 0 saturated carbocycles. The number of aliphatic carboxylic acids is 1. The van der Waals surface area contributed by atoms with Gasteiger partial charge in [-0.3, -0.25) is 4.79 Å². The molecule has 0 amide bonds. The molecule has 2 heterocycles. The normalized spacial score (nSPS) is 27.3. The first-order valence-corrected chi connectivity index (χ1v) is 8.18. The van der Waals surface area contributed by atoms with Crippen LogP contribution >= 0.6 is 0 Å². The maximum atomic E-state index is 12.2. The summed E-state index contributed by atoms with van der Waals surface area (Å²) >= 11 is 0. The van der Waals surface area contributed by atoms with E-state index in [1.54, 1.807) is 5.01 Å². The van der Waals surface area contributed by atoms with E-state index in [0.29, 0.717) is 19.4 Å². The standard InChI is InChI=1S/C11H21N3O4S/c15-11(16)10-5-4-8-14(9-10)19(17,18)12-13-6-2-1-3-7-13/h10,12H,1-9H2,(H,15,16). The predicted molar refractivity (Wildman–Crippen MR) is 69.4 cm³/mol. The number of piperidine rings is 2. The van der Waals surface area contributed by atoms with Crippen LogP contribution in [0.4, 0.5) is 0 Å². The third kappa shape index (κ3) is 3.88. The first kappa shape index (κ1) is 14.7. The Balaban J connectivity index is 1.96. The van der Waals surface area contributed by atoms with Crippen molar-refractivity contribution in [3.8, 4) is 0 Å². The van der Waals surface area contributed by atoms with E-state index in [4.69, 9.17) is 5.11 Å². The fourth-order valence-corrected chi connectivity index (χ4v) is 3.94. The van der Waals surface area contributed by atoms with Crippen molar-refractivity contribution < 1.29 is 18.3 Å². The summed E-state index contributed by atoms with van der Waals surface area (Å²) in [5, 5.41) is 10.7. The molecule has 1 atom stereocenters. The quantitative estimate of drug-likeness (QED) is 0.762. The number of hydrogen-bond acceptors (Lipinski definition) is 4. The zero-order chi connectivity index (χ0) is 13.9. The van der Waals surface area contributed by atoms with E-state index in [0.717, 1.165) is 32.4 Å². The van der Waals surface area contributed by atoms with Crippen LogP contribution in [0.3, 0.4) is 0 Å². The molecular weight excluding hydrogens is 270 g/mol. The lowest BCUT2D eigenvalue weighted by molar-refractivity contribution is -0.142. The Morgan fingerprint density at radius 2 is 1.79 bits per heavy atom. The van der Waals surface area contributed by atoms with Gasteiger partial charge in [-0.1, -0.05) is 6.42 Å². The van der Waals surface area contributed by atoms with Gasteiger partial charge in [-0.2, -0.15) is 12.7 Å². The Morgan fingerprint density at radius 3 is 2.42 bits per heavy atom. The van der Waals surface area contributed by atoms with E-state index >= 15 is 0 Å². The number of carboxylic acids is 1. The molecule has 0 aliphatic carbocycles. The second-order valence-corrected chi connectivity index (χ2v) is 6.83. The topological polar surface area (TPSA) is 90.0 Å². The third-order valence-electron chi connectivity index (χ3n) is 3.67. The molecule has 0 aromatic carbocycles. The Kier molecular flexibility index (Phi) is 4.77. The van der Waals surface area contributed by atoms with Crippen molar-refractivity contribution in [3.63, 3.8) is 0 Å². The maximum Gasteiger partial charge on any atom is 0.307 e. The maximum absolute atomic E-state index is 12.2. The van der Waals surface area contributed by atoms with Gasteiger partial charge in [0.2, 0.25) is 0 Å². The molecule has 2 saturated heterocycles. The van der Waals surface area contributed by atoms with Crippen molar-refractivity contribution >= 4 is 16.2 Å². The van der Waals surface area contributed by atoms with Gasteiger partial charge < -0.3 is 5.11 Å². The number of nitrogens with one attached hydrogen (secondary N) is 1. The van der Waals surface area contributed by atoms with Gasteiger partial charge in [0, 0.05) is 26.2 Å². The molecule has 0 aromatic rings. The highest BCUT2D eigenvalue weighted by Crippen LogP contribution is 2.19. The van der Waals surface area contributed by atoms with E-state index < -0.39 is 22.1 Å². The molecule has 110 valence electrons. The van der Waals surface area contributed by atoms with E-state index in [9.17, 15) is 13.2 Å². The fraction of sp³-hybridized carbons (Fsp3) is 0.909. The average Bonchev–Trinajstić information content (AvgIpc) is 2.39. The van der Waals surface area contributed by atoms with Crippen molar-refractivity contribution in [3.05, 3.63) is 0 Å². The van der Waals surface area contributed by atoms with Gasteiger partial charge in [0.1, 0.15) is 0 Å². The largest absolute Gasteiger partial charge is 0.481 e. The molecule has 0 spiro atoms. The first-order valence-electron chi connectivity index (χ1n) is 6.74. The molecule has 0 bridgehead atoms. The average molecular weight is 291 g/mol. The van der Waals surface area contributed by atoms with Crippen LogP contribution in [0.15, 0.2) is 0 Å². The van der Waals surface area contributed by atoms with E-state index in [1.807, 2.05) is 0 Å². The fourth-order valence-electron chi connectivity index (χ4n) is 2.57. The lowest BCUT2D eigenvalue weighted by Crippen LogP contribution is -2.53. The van der Waals surface area contributed by atoms with E-state index in [2.05, 4.69) is 4.83 Å². The van der Waals surface area contributed by atoms with Crippen LogP contribution in [0.2, 0.25) is 0 Å². The molecule has 2 N–H and O–H groups in total. The van der Waals surface area contributed by atoms with Gasteiger partial charge >= 0.3 is 5.97 Å². The third-order valence-corrected chi connectivity index (χ3v) is 5.17. The summed E-state index contributed by atoms with van der Waals surface area (Å²) in [6.07, 6.45) is 4.24. The van der Waals surface area contributed by atoms with Gasteiger partial charge in [0.25, 0.3) is 10.2 Å². The number of carboxylic acid groups (broad SMARTS) is 1. The molecule has 0 radical (unpaired) electrons. The first-order chi connectivity index (χ1) is 8.99. The summed E-state index contributed by atoms with van der Waals surface area (Å²) in [6, 6.07) is 0. The molecule has 1 unspecified atom stereocenters. The molecular formula is C11H21N3O4S. The monoisotopic (exact) mass is 291 g/mol. The predicted octanol–water partition coefficient (Wildman–Crippen LogP) is 0.0183. The molecule has 7 nitrogen and oxygen atoms in total. The van der Waals surface area contributed by atoms with Gasteiger partial charge in [-0.15, -0.1) is 4.83 Å². The molecule has 2 fully saturated rings. The van der Waals surface area contributed by atoms with Crippen molar-refractivity contribution in [2.75, 3.05) is 26.2 Å². The van der Waals surface area contributed by atoms with Gasteiger partial charge in [-0.25, -0.2) is 5.01 Å². The van der Waals surface area contributed by atoms with Gasteiger partial charge in [0.15, 0.2) is 0 Å². The summed E-state index contributed by atoms with van der Waals surface area (Å²) in [5.41, 5.74) is 0. The lowest BCUT2D eigenvalue weighted by atomic mass is 10.0. The highest BCUT2D eigenvalue weighted by atomic mass is 32.2. The van der Waals surface area contributed by atoms with Crippen LogP contribution in [0.1, 0.15) is 32.1 Å². The van der Waals surface area contributed by atoms with Crippen molar-refractivity contribution in [1.82, 2.24) is 14.1 Å². The van der Waals surface area contributed by atoms with Crippen LogP contribution in [-0.4, -0.2) is 55.0 Å². The second-order valence-electron chi connectivity index (χ2n) is 5.18. The Hall–Kier alpha value is -0.700. The zero-order valence-corrected chi connectivity index (χ0v) is 11.7. The summed E-state index contributed by atoms with van der Waals surface area (Å²) < 4.78 is 25.7. The van der Waals surface area contributed by atoms with Crippen molar-refractivity contribution in [1.29, 1.82) is 0 Å². The molecule has 19 heavy (non-hydrogen) atoms. The van der Waals surface area contributed by atoms with Crippen LogP contribution < -0.4 is 4.83 Å². The summed E-state index contributed by atoms with van der Waals surface area (Å²) in [5.74, 6) is -1.51. The van der Waals surface area contributed by atoms with Gasteiger partial charge in [0.05, 0.1) is 5.92 Å². The van der Waals surface area contributed by atoms with Gasteiger partial charge in [-0.05, 0) is 25.7 Å². The molecule has 2 aliphatic heterocycles. The number of hydrazine groups is 1. The number of carbonyl (C=O) groups is 1. The number of hydrogen-bond donors (Lipinski definition) is 2. The highest BCUT2D eigenvalue weighted by Gasteiger charge is 2.33. The SMILES string of the molecule is O=C(O)C1CCCN(S(=O)(=O)NN2CCCCC2)C1. The number of rotatable bonds is 4. The summed E-state index contributed by atoms with van der Waals surface area (Å²) in [4.78, 5) is 13.5. The zero-order valence-electron chi connectivity index (χ0n) is 10.9.